The van der Waals surface area contributed by atoms with Gasteiger partial charge in [-0.3, -0.25) is 9.59 Å². The van der Waals surface area contributed by atoms with Crippen LogP contribution in [0.4, 0.5) is 0 Å². The van der Waals surface area contributed by atoms with Gasteiger partial charge in [0.15, 0.2) is 0 Å². The van der Waals surface area contributed by atoms with E-state index < -0.39 is 0 Å². The first-order valence-corrected chi connectivity index (χ1v) is 7.99. The predicted octanol–water partition coefficient (Wildman–Crippen LogP) is 0.766. The molecule has 6 heteroatoms. The smallest absolute Gasteiger partial charge is 0.224 e. The van der Waals surface area contributed by atoms with Crippen molar-refractivity contribution in [3.05, 3.63) is 30.3 Å². The van der Waals surface area contributed by atoms with E-state index in [0.717, 1.165) is 5.75 Å². The Hall–Kier alpha value is -2.08. The first kappa shape index (κ1) is 17.3. The van der Waals surface area contributed by atoms with Gasteiger partial charge in [0.2, 0.25) is 11.8 Å². The molecule has 1 aliphatic rings. The molecule has 1 saturated heterocycles. The van der Waals surface area contributed by atoms with Crippen LogP contribution in [0.3, 0.4) is 0 Å². The van der Waals surface area contributed by atoms with Crippen molar-refractivity contribution in [2.24, 2.45) is 11.7 Å². The van der Waals surface area contributed by atoms with Crippen molar-refractivity contribution in [3.63, 3.8) is 0 Å². The Morgan fingerprint density at radius 2 is 2.09 bits per heavy atom. The van der Waals surface area contributed by atoms with Crippen molar-refractivity contribution in [2.75, 3.05) is 19.7 Å². The highest BCUT2D eigenvalue weighted by Gasteiger charge is 2.31. The molecule has 0 aromatic heterocycles. The molecule has 1 heterocycles. The van der Waals surface area contributed by atoms with Crippen LogP contribution < -0.4 is 15.8 Å². The fourth-order valence-corrected chi connectivity index (χ4v) is 2.45. The van der Waals surface area contributed by atoms with Crippen molar-refractivity contribution < 1.29 is 14.3 Å². The fourth-order valence-electron chi connectivity index (χ4n) is 2.45. The molecule has 1 aromatic carbocycles. The number of ether oxygens (including phenoxy) is 1. The molecule has 1 aromatic rings. The first-order valence-electron chi connectivity index (χ1n) is 7.99. The topological polar surface area (TPSA) is 84.7 Å². The maximum Gasteiger partial charge on any atom is 0.224 e. The third kappa shape index (κ3) is 4.96. The molecule has 2 rings (SSSR count). The molecule has 1 aliphatic heterocycles. The lowest BCUT2D eigenvalue weighted by atomic mass is 10.0. The van der Waals surface area contributed by atoms with E-state index in [4.69, 9.17) is 10.5 Å². The van der Waals surface area contributed by atoms with Crippen LogP contribution in [0.15, 0.2) is 30.3 Å². The summed E-state index contributed by atoms with van der Waals surface area (Å²) in [5.74, 6) is 0.468. The van der Waals surface area contributed by atoms with Gasteiger partial charge in [0.05, 0.1) is 12.6 Å². The van der Waals surface area contributed by atoms with Gasteiger partial charge >= 0.3 is 0 Å². The average molecular weight is 319 g/mol. The summed E-state index contributed by atoms with van der Waals surface area (Å²) in [5, 5.41) is 2.91. The third-order valence-corrected chi connectivity index (χ3v) is 4.14. The molecule has 0 saturated carbocycles. The number of nitrogens with two attached hydrogens (primary N) is 1. The second kappa shape index (κ2) is 7.97. The van der Waals surface area contributed by atoms with Crippen LogP contribution >= 0.6 is 0 Å². The van der Waals surface area contributed by atoms with Gasteiger partial charge in [0.1, 0.15) is 12.4 Å². The van der Waals surface area contributed by atoms with E-state index in [-0.39, 0.29) is 29.8 Å². The minimum atomic E-state index is -0.263. The summed E-state index contributed by atoms with van der Waals surface area (Å²) in [6.45, 7) is 5.07. The summed E-state index contributed by atoms with van der Waals surface area (Å²) in [6.07, 6.45) is 0.336. The number of hydrogen-bond donors (Lipinski definition) is 2. The summed E-state index contributed by atoms with van der Waals surface area (Å²) < 4.78 is 5.60. The lowest BCUT2D eigenvalue weighted by Gasteiger charge is -2.20. The largest absolute Gasteiger partial charge is 0.492 e. The average Bonchev–Trinajstić information content (AvgIpc) is 2.87. The van der Waals surface area contributed by atoms with Crippen molar-refractivity contribution >= 4 is 11.8 Å². The fraction of sp³-hybridized carbons (Fsp3) is 0.529. The van der Waals surface area contributed by atoms with E-state index in [0.29, 0.717) is 26.1 Å². The van der Waals surface area contributed by atoms with Crippen LogP contribution in [0.2, 0.25) is 0 Å². The Morgan fingerprint density at radius 1 is 1.39 bits per heavy atom. The molecular weight excluding hydrogens is 294 g/mol. The number of amides is 2. The number of carbonyl (C=O) groups excluding carboxylic acids is 2. The van der Waals surface area contributed by atoms with Gasteiger partial charge < -0.3 is 20.7 Å². The monoisotopic (exact) mass is 319 g/mol. The van der Waals surface area contributed by atoms with E-state index in [2.05, 4.69) is 5.32 Å². The van der Waals surface area contributed by atoms with Crippen LogP contribution in [0.5, 0.6) is 5.75 Å². The van der Waals surface area contributed by atoms with Gasteiger partial charge in [-0.25, -0.2) is 0 Å². The number of nitrogens with one attached hydrogen (secondary N) is 1. The Morgan fingerprint density at radius 3 is 2.74 bits per heavy atom. The van der Waals surface area contributed by atoms with Gasteiger partial charge in [-0.1, -0.05) is 25.1 Å². The SMILES string of the molecule is CC(N)C(C)C(=O)NC1CC(=O)N(CCOc2ccccc2)C1. The summed E-state index contributed by atoms with van der Waals surface area (Å²) in [5.41, 5.74) is 5.73. The quantitative estimate of drug-likeness (QED) is 0.777. The third-order valence-electron chi connectivity index (χ3n) is 4.14. The molecular formula is C17H25N3O3. The van der Waals surface area contributed by atoms with Crippen molar-refractivity contribution in [2.45, 2.75) is 32.4 Å². The molecule has 126 valence electrons. The lowest BCUT2D eigenvalue weighted by molar-refractivity contribution is -0.128. The molecule has 3 atom stereocenters. The van der Waals surface area contributed by atoms with Crippen LogP contribution in [0.25, 0.3) is 0 Å². The number of hydrogen-bond acceptors (Lipinski definition) is 4. The number of likely N-dealkylation sites (tertiary alicyclic amines) is 1. The van der Waals surface area contributed by atoms with Crippen LogP contribution in [0, 0.1) is 5.92 Å². The molecule has 3 N–H and O–H groups in total. The van der Waals surface area contributed by atoms with Crippen molar-refractivity contribution in [1.82, 2.24) is 10.2 Å². The molecule has 0 aliphatic carbocycles. The van der Waals surface area contributed by atoms with Gasteiger partial charge in [-0.05, 0) is 19.1 Å². The first-order chi connectivity index (χ1) is 11.0. The number of carbonyl (C=O) groups is 2. The van der Waals surface area contributed by atoms with E-state index in [1.165, 1.54) is 0 Å². The van der Waals surface area contributed by atoms with Gasteiger partial charge in [0, 0.05) is 24.9 Å². The van der Waals surface area contributed by atoms with E-state index in [9.17, 15) is 9.59 Å². The standard InChI is InChI=1S/C17H25N3O3/c1-12(13(2)18)17(22)19-14-10-16(21)20(11-14)8-9-23-15-6-4-3-5-7-15/h3-7,12-14H,8-11,18H2,1-2H3,(H,19,22). The molecule has 0 spiro atoms. The summed E-state index contributed by atoms with van der Waals surface area (Å²) >= 11 is 0. The Bertz CT molecular complexity index is 533. The molecule has 23 heavy (non-hydrogen) atoms. The van der Waals surface area contributed by atoms with Gasteiger partial charge in [-0.2, -0.15) is 0 Å². The Labute approximate surface area is 137 Å². The minimum absolute atomic E-state index is 0.0420. The molecule has 2 amide bonds. The van der Waals surface area contributed by atoms with E-state index in [1.54, 1.807) is 18.7 Å². The van der Waals surface area contributed by atoms with Crippen molar-refractivity contribution in [3.8, 4) is 5.75 Å². The van der Waals surface area contributed by atoms with E-state index >= 15 is 0 Å². The van der Waals surface area contributed by atoms with E-state index in [1.807, 2.05) is 30.3 Å². The van der Waals surface area contributed by atoms with Crippen LogP contribution in [-0.4, -0.2) is 48.5 Å². The van der Waals surface area contributed by atoms with Gasteiger partial charge in [-0.15, -0.1) is 0 Å². The predicted molar refractivity (Wildman–Crippen MR) is 87.9 cm³/mol. The Kier molecular flexibility index (Phi) is 5.98. The summed E-state index contributed by atoms with van der Waals surface area (Å²) in [6, 6.07) is 9.14. The highest BCUT2D eigenvalue weighted by Crippen LogP contribution is 2.13. The number of rotatable bonds is 7. The second-order valence-corrected chi connectivity index (χ2v) is 6.06. The minimum Gasteiger partial charge on any atom is -0.492 e. The van der Waals surface area contributed by atoms with Gasteiger partial charge in [0.25, 0.3) is 0 Å². The zero-order valence-corrected chi connectivity index (χ0v) is 13.7. The summed E-state index contributed by atoms with van der Waals surface area (Å²) in [7, 11) is 0. The molecule has 6 nitrogen and oxygen atoms in total. The molecule has 0 radical (unpaired) electrons. The number of benzene rings is 1. The number of para-hydroxylation sites is 1. The van der Waals surface area contributed by atoms with Crippen LogP contribution in [0.1, 0.15) is 20.3 Å². The normalized spacial score (nSPS) is 20.2. The lowest BCUT2D eigenvalue weighted by Crippen LogP contribution is -2.44. The van der Waals surface area contributed by atoms with Crippen LogP contribution in [-0.2, 0) is 9.59 Å². The summed E-state index contributed by atoms with van der Waals surface area (Å²) in [4.78, 5) is 25.7. The maximum atomic E-state index is 12.0. The zero-order valence-electron chi connectivity index (χ0n) is 13.7. The van der Waals surface area contributed by atoms with Crippen molar-refractivity contribution in [1.29, 1.82) is 0 Å². The second-order valence-electron chi connectivity index (χ2n) is 6.06. The Balaban J connectivity index is 1.75. The number of nitrogens with zero attached hydrogens (tertiary/aromatic N) is 1. The molecule has 1 fully saturated rings. The molecule has 0 bridgehead atoms. The highest BCUT2D eigenvalue weighted by molar-refractivity contribution is 5.83. The maximum absolute atomic E-state index is 12.0. The zero-order chi connectivity index (χ0) is 16.8. The molecule has 3 unspecified atom stereocenters. The highest BCUT2D eigenvalue weighted by atomic mass is 16.5.